The second kappa shape index (κ2) is 4.79. The Morgan fingerprint density at radius 3 is 2.33 bits per heavy atom. The molecule has 1 aromatic rings. The second-order valence-electron chi connectivity index (χ2n) is 3.35. The van der Waals surface area contributed by atoms with Gasteiger partial charge in [-0.25, -0.2) is 0 Å². The molecule has 0 atom stereocenters. The molecule has 0 bridgehead atoms. The average molecular weight is 209 g/mol. The summed E-state index contributed by atoms with van der Waals surface area (Å²) in [5.41, 5.74) is 2.57. The first kappa shape index (κ1) is 11.5. The molecule has 0 spiro atoms. The van der Waals surface area contributed by atoms with Crippen molar-refractivity contribution in [3.8, 4) is 5.75 Å². The number of methoxy groups -OCH3 is 1. The molecule has 0 saturated heterocycles. The van der Waals surface area contributed by atoms with Crippen molar-refractivity contribution in [2.75, 3.05) is 19.0 Å². The highest BCUT2D eigenvalue weighted by atomic mass is 16.5. The van der Waals surface area contributed by atoms with E-state index < -0.39 is 12.5 Å². The number of aliphatic hydroxyl groups is 1. The first-order valence-electron chi connectivity index (χ1n) is 4.64. The number of rotatable bonds is 3. The van der Waals surface area contributed by atoms with Crippen LogP contribution in [0, 0.1) is 13.8 Å². The minimum absolute atomic E-state index is 0.418. The third kappa shape index (κ3) is 2.70. The lowest BCUT2D eigenvalue weighted by Crippen LogP contribution is -2.15. The number of hydrogen-bond acceptors (Lipinski definition) is 3. The van der Waals surface area contributed by atoms with Gasteiger partial charge in [0.2, 0.25) is 5.91 Å². The van der Waals surface area contributed by atoms with E-state index in [-0.39, 0.29) is 0 Å². The first-order chi connectivity index (χ1) is 7.08. The number of amides is 1. The summed E-state index contributed by atoms with van der Waals surface area (Å²) >= 11 is 0. The van der Waals surface area contributed by atoms with Crippen LogP contribution in [-0.4, -0.2) is 24.7 Å². The van der Waals surface area contributed by atoms with Gasteiger partial charge in [-0.05, 0) is 37.1 Å². The summed E-state index contributed by atoms with van der Waals surface area (Å²) in [5.74, 6) is 0.399. The molecular weight excluding hydrogens is 194 g/mol. The van der Waals surface area contributed by atoms with Crippen LogP contribution in [0.3, 0.4) is 0 Å². The highest BCUT2D eigenvalue weighted by molar-refractivity contribution is 5.91. The molecule has 0 saturated carbocycles. The predicted molar refractivity (Wildman–Crippen MR) is 58.2 cm³/mol. The largest absolute Gasteiger partial charge is 0.496 e. The maximum Gasteiger partial charge on any atom is 0.250 e. The number of carbonyl (C=O) groups is 1. The van der Waals surface area contributed by atoms with Crippen molar-refractivity contribution >= 4 is 11.6 Å². The van der Waals surface area contributed by atoms with E-state index in [9.17, 15) is 4.79 Å². The fourth-order valence-corrected chi connectivity index (χ4v) is 1.54. The summed E-state index contributed by atoms with van der Waals surface area (Å²) in [6.45, 7) is 3.30. The van der Waals surface area contributed by atoms with Crippen LogP contribution >= 0.6 is 0 Å². The van der Waals surface area contributed by atoms with Crippen molar-refractivity contribution in [3.05, 3.63) is 23.3 Å². The monoisotopic (exact) mass is 209 g/mol. The van der Waals surface area contributed by atoms with Gasteiger partial charge < -0.3 is 15.2 Å². The lowest BCUT2D eigenvalue weighted by Gasteiger charge is -2.11. The van der Waals surface area contributed by atoms with Gasteiger partial charge in [-0.15, -0.1) is 0 Å². The maximum atomic E-state index is 11.0. The summed E-state index contributed by atoms with van der Waals surface area (Å²) in [6, 6.07) is 3.61. The minimum Gasteiger partial charge on any atom is -0.496 e. The number of ether oxygens (including phenoxy) is 1. The molecule has 15 heavy (non-hydrogen) atoms. The smallest absolute Gasteiger partial charge is 0.250 e. The lowest BCUT2D eigenvalue weighted by atomic mass is 10.1. The number of nitrogens with one attached hydrogen (secondary N) is 1. The zero-order chi connectivity index (χ0) is 11.4. The van der Waals surface area contributed by atoms with Gasteiger partial charge in [0.05, 0.1) is 7.11 Å². The molecule has 0 aliphatic rings. The van der Waals surface area contributed by atoms with Crippen molar-refractivity contribution < 1.29 is 14.6 Å². The fourth-order valence-electron chi connectivity index (χ4n) is 1.54. The Balaban J connectivity index is 2.98. The van der Waals surface area contributed by atoms with Crippen molar-refractivity contribution in [2.24, 2.45) is 0 Å². The summed E-state index contributed by atoms with van der Waals surface area (Å²) in [5, 5.41) is 11.2. The van der Waals surface area contributed by atoms with E-state index in [1.165, 1.54) is 0 Å². The molecule has 4 heteroatoms. The molecule has 1 aromatic carbocycles. The number of anilines is 1. The van der Waals surface area contributed by atoms with Crippen LogP contribution in [0.15, 0.2) is 12.1 Å². The molecular formula is C11H15NO3. The van der Waals surface area contributed by atoms with Gasteiger partial charge in [0.25, 0.3) is 0 Å². The molecule has 82 valence electrons. The zero-order valence-electron chi connectivity index (χ0n) is 9.13. The standard InChI is InChI=1S/C11H15NO3/c1-7-4-9(12-10(14)6-13)5-8(2)11(7)15-3/h4-5,13H,6H2,1-3H3,(H,12,14). The maximum absolute atomic E-state index is 11.0. The number of aliphatic hydroxyl groups excluding tert-OH is 1. The molecule has 0 radical (unpaired) electrons. The van der Waals surface area contributed by atoms with Crippen LogP contribution in [0.4, 0.5) is 5.69 Å². The van der Waals surface area contributed by atoms with Gasteiger partial charge >= 0.3 is 0 Å². The van der Waals surface area contributed by atoms with Gasteiger partial charge in [-0.1, -0.05) is 0 Å². The van der Waals surface area contributed by atoms with Crippen molar-refractivity contribution in [1.82, 2.24) is 0 Å². The van der Waals surface area contributed by atoms with Crippen molar-refractivity contribution in [2.45, 2.75) is 13.8 Å². The topological polar surface area (TPSA) is 58.6 Å². The Kier molecular flexibility index (Phi) is 3.68. The number of benzene rings is 1. The zero-order valence-corrected chi connectivity index (χ0v) is 9.13. The molecule has 1 amide bonds. The fraction of sp³-hybridized carbons (Fsp3) is 0.364. The lowest BCUT2D eigenvalue weighted by molar-refractivity contribution is -0.118. The Morgan fingerprint density at radius 1 is 1.40 bits per heavy atom. The Bertz CT molecular complexity index is 351. The van der Waals surface area contributed by atoms with Crippen molar-refractivity contribution in [3.63, 3.8) is 0 Å². The SMILES string of the molecule is COc1c(C)cc(NC(=O)CO)cc1C. The molecule has 0 aromatic heterocycles. The van der Waals surface area contributed by atoms with Gasteiger partial charge in [-0.3, -0.25) is 4.79 Å². The number of hydrogen-bond donors (Lipinski definition) is 2. The highest BCUT2D eigenvalue weighted by Crippen LogP contribution is 2.26. The third-order valence-corrected chi connectivity index (χ3v) is 2.09. The van der Waals surface area contributed by atoms with Gasteiger partial charge in [0.1, 0.15) is 12.4 Å². The van der Waals surface area contributed by atoms with E-state index in [1.807, 2.05) is 13.8 Å². The summed E-state index contributed by atoms with van der Waals surface area (Å²) in [6.07, 6.45) is 0. The first-order valence-corrected chi connectivity index (χ1v) is 4.64. The molecule has 4 nitrogen and oxygen atoms in total. The summed E-state index contributed by atoms with van der Waals surface area (Å²) in [7, 11) is 1.61. The molecule has 0 unspecified atom stereocenters. The van der Waals surface area contributed by atoms with Gasteiger partial charge in [0, 0.05) is 5.69 Å². The summed E-state index contributed by atoms with van der Waals surface area (Å²) in [4.78, 5) is 11.0. The van der Waals surface area contributed by atoms with Crippen LogP contribution in [-0.2, 0) is 4.79 Å². The molecule has 0 aliphatic heterocycles. The number of carbonyl (C=O) groups excluding carboxylic acids is 1. The Labute approximate surface area is 88.9 Å². The van der Waals surface area contributed by atoms with Crippen LogP contribution in [0.1, 0.15) is 11.1 Å². The van der Waals surface area contributed by atoms with Crippen LogP contribution < -0.4 is 10.1 Å². The summed E-state index contributed by atoms with van der Waals surface area (Å²) < 4.78 is 5.20. The Hall–Kier alpha value is -1.55. The van der Waals surface area contributed by atoms with E-state index in [1.54, 1.807) is 19.2 Å². The molecule has 0 heterocycles. The van der Waals surface area contributed by atoms with Gasteiger partial charge in [0.15, 0.2) is 0 Å². The Morgan fingerprint density at radius 2 is 1.93 bits per heavy atom. The number of aryl methyl sites for hydroxylation is 2. The van der Waals surface area contributed by atoms with E-state index in [0.717, 1.165) is 16.9 Å². The van der Waals surface area contributed by atoms with E-state index >= 15 is 0 Å². The second-order valence-corrected chi connectivity index (χ2v) is 3.35. The molecule has 2 N–H and O–H groups in total. The molecule has 1 rings (SSSR count). The third-order valence-electron chi connectivity index (χ3n) is 2.09. The predicted octanol–water partition coefficient (Wildman–Crippen LogP) is 1.24. The average Bonchev–Trinajstić information content (AvgIpc) is 2.17. The van der Waals surface area contributed by atoms with Crippen LogP contribution in [0.2, 0.25) is 0 Å². The quantitative estimate of drug-likeness (QED) is 0.787. The van der Waals surface area contributed by atoms with E-state index in [0.29, 0.717) is 5.69 Å². The van der Waals surface area contributed by atoms with E-state index in [2.05, 4.69) is 5.32 Å². The minimum atomic E-state index is -0.510. The van der Waals surface area contributed by atoms with E-state index in [4.69, 9.17) is 9.84 Å². The van der Waals surface area contributed by atoms with Crippen LogP contribution in [0.5, 0.6) is 5.75 Å². The molecule has 0 fully saturated rings. The van der Waals surface area contributed by atoms with Crippen LogP contribution in [0.25, 0.3) is 0 Å². The normalized spacial score (nSPS) is 9.87. The van der Waals surface area contributed by atoms with Crippen molar-refractivity contribution in [1.29, 1.82) is 0 Å². The highest BCUT2D eigenvalue weighted by Gasteiger charge is 2.06. The van der Waals surface area contributed by atoms with Gasteiger partial charge in [-0.2, -0.15) is 0 Å². The molecule has 0 aliphatic carbocycles.